The van der Waals surface area contributed by atoms with Crippen molar-refractivity contribution in [3.05, 3.63) is 23.3 Å². The molecule has 96 valence electrons. The Kier molecular flexibility index (Phi) is 4.78. The second kappa shape index (κ2) is 5.89. The van der Waals surface area contributed by atoms with E-state index in [0.29, 0.717) is 17.9 Å². The van der Waals surface area contributed by atoms with Crippen LogP contribution in [0, 0.1) is 6.92 Å². The molecule has 0 bridgehead atoms. The smallest absolute Gasteiger partial charge is 0.127 e. The molecule has 3 N–H and O–H groups in total. The second-order valence-electron chi connectivity index (χ2n) is 4.08. The molecule has 17 heavy (non-hydrogen) atoms. The van der Waals surface area contributed by atoms with E-state index in [0.717, 1.165) is 11.1 Å². The normalized spacial score (nSPS) is 14.2. The highest BCUT2D eigenvalue weighted by Crippen LogP contribution is 2.36. The fraction of sp³-hybridized carbons (Fsp3) is 0.538. The zero-order chi connectivity index (χ0) is 13.0. The summed E-state index contributed by atoms with van der Waals surface area (Å²) in [6.07, 6.45) is -0.0260. The van der Waals surface area contributed by atoms with E-state index >= 15 is 0 Å². The first-order valence-electron chi connectivity index (χ1n) is 5.71. The van der Waals surface area contributed by atoms with Gasteiger partial charge in [0, 0.05) is 0 Å². The van der Waals surface area contributed by atoms with Crippen molar-refractivity contribution in [1.29, 1.82) is 0 Å². The van der Waals surface area contributed by atoms with Gasteiger partial charge in [-0.05, 0) is 31.0 Å². The average Bonchev–Trinajstić information content (AvgIpc) is 2.35. The van der Waals surface area contributed by atoms with Gasteiger partial charge in [-0.3, -0.25) is 0 Å². The van der Waals surface area contributed by atoms with Gasteiger partial charge in [-0.25, -0.2) is 0 Å². The Balaban J connectivity index is 3.28. The summed E-state index contributed by atoms with van der Waals surface area (Å²) in [6, 6.07) is 3.27. The molecular formula is C13H21NO3. The van der Waals surface area contributed by atoms with Crippen LogP contribution in [0.5, 0.6) is 11.5 Å². The molecule has 0 spiro atoms. The molecule has 4 nitrogen and oxygen atoms in total. The van der Waals surface area contributed by atoms with E-state index < -0.39 is 12.1 Å². The quantitative estimate of drug-likeness (QED) is 0.822. The molecule has 0 saturated heterocycles. The predicted octanol–water partition coefficient (Wildman–Crippen LogP) is 1.78. The van der Waals surface area contributed by atoms with Crippen molar-refractivity contribution < 1.29 is 14.6 Å². The lowest BCUT2D eigenvalue weighted by atomic mass is 9.97. The molecule has 0 aliphatic heterocycles. The van der Waals surface area contributed by atoms with Crippen LogP contribution in [0.4, 0.5) is 0 Å². The van der Waals surface area contributed by atoms with Crippen molar-refractivity contribution in [2.45, 2.75) is 32.4 Å². The molecule has 1 rings (SSSR count). The SMILES string of the molecule is CC[C@H](O)[C@H](N)c1c(OC)cc(C)cc1OC. The summed E-state index contributed by atoms with van der Waals surface area (Å²) in [4.78, 5) is 0. The number of aryl methyl sites for hydroxylation is 1. The predicted molar refractivity (Wildman–Crippen MR) is 67.5 cm³/mol. The molecule has 0 fully saturated rings. The monoisotopic (exact) mass is 239 g/mol. The number of aliphatic hydroxyl groups is 1. The van der Waals surface area contributed by atoms with Gasteiger partial charge in [0.2, 0.25) is 0 Å². The van der Waals surface area contributed by atoms with Crippen LogP contribution in [0.25, 0.3) is 0 Å². The number of benzene rings is 1. The molecule has 0 radical (unpaired) electrons. The van der Waals surface area contributed by atoms with Crippen LogP contribution in [-0.4, -0.2) is 25.4 Å². The Bertz CT molecular complexity index is 354. The minimum atomic E-state index is -0.611. The van der Waals surface area contributed by atoms with Crippen molar-refractivity contribution in [3.8, 4) is 11.5 Å². The van der Waals surface area contributed by atoms with Gasteiger partial charge in [0.1, 0.15) is 11.5 Å². The third-order valence-corrected chi connectivity index (χ3v) is 2.85. The van der Waals surface area contributed by atoms with Gasteiger partial charge < -0.3 is 20.3 Å². The van der Waals surface area contributed by atoms with Crippen LogP contribution < -0.4 is 15.2 Å². The summed E-state index contributed by atoms with van der Waals surface area (Å²) < 4.78 is 10.6. The molecule has 1 aromatic rings. The summed E-state index contributed by atoms with van der Waals surface area (Å²) in [6.45, 7) is 3.84. The average molecular weight is 239 g/mol. The summed E-state index contributed by atoms with van der Waals surface area (Å²) in [5.74, 6) is 1.31. The van der Waals surface area contributed by atoms with Crippen LogP contribution in [0.2, 0.25) is 0 Å². The van der Waals surface area contributed by atoms with Crippen LogP contribution >= 0.6 is 0 Å². The molecule has 2 atom stereocenters. The van der Waals surface area contributed by atoms with E-state index in [9.17, 15) is 5.11 Å². The van der Waals surface area contributed by atoms with Crippen molar-refractivity contribution in [2.75, 3.05) is 14.2 Å². The third kappa shape index (κ3) is 2.90. The van der Waals surface area contributed by atoms with E-state index in [-0.39, 0.29) is 0 Å². The number of aliphatic hydroxyl groups excluding tert-OH is 1. The maximum atomic E-state index is 9.85. The fourth-order valence-electron chi connectivity index (χ4n) is 1.84. The fourth-order valence-corrected chi connectivity index (χ4v) is 1.84. The van der Waals surface area contributed by atoms with Crippen LogP contribution in [0.15, 0.2) is 12.1 Å². The van der Waals surface area contributed by atoms with Crippen molar-refractivity contribution in [2.24, 2.45) is 5.73 Å². The van der Waals surface area contributed by atoms with E-state index in [1.165, 1.54) is 0 Å². The first kappa shape index (κ1) is 13.8. The molecule has 0 heterocycles. The molecule has 0 saturated carbocycles. The Morgan fingerprint density at radius 1 is 1.24 bits per heavy atom. The standard InChI is InChI=1S/C13H21NO3/c1-5-9(15)13(14)12-10(16-3)6-8(2)7-11(12)17-4/h6-7,9,13,15H,5,14H2,1-4H3/t9-,13-/m0/s1. The van der Waals surface area contributed by atoms with Gasteiger partial charge >= 0.3 is 0 Å². The van der Waals surface area contributed by atoms with Gasteiger partial charge in [0.15, 0.2) is 0 Å². The van der Waals surface area contributed by atoms with Crippen molar-refractivity contribution in [1.82, 2.24) is 0 Å². The number of hydrogen-bond donors (Lipinski definition) is 2. The molecule has 0 aliphatic rings. The number of rotatable bonds is 5. The summed E-state index contributed by atoms with van der Waals surface area (Å²) >= 11 is 0. The highest BCUT2D eigenvalue weighted by atomic mass is 16.5. The lowest BCUT2D eigenvalue weighted by Crippen LogP contribution is -2.26. The molecule has 0 aliphatic carbocycles. The van der Waals surface area contributed by atoms with Gasteiger partial charge in [-0.15, -0.1) is 0 Å². The number of methoxy groups -OCH3 is 2. The van der Waals surface area contributed by atoms with E-state index in [1.54, 1.807) is 14.2 Å². The van der Waals surface area contributed by atoms with Gasteiger partial charge in [-0.1, -0.05) is 6.92 Å². The largest absolute Gasteiger partial charge is 0.496 e. The molecule has 0 unspecified atom stereocenters. The summed E-state index contributed by atoms with van der Waals surface area (Å²) in [5, 5.41) is 9.85. The highest BCUT2D eigenvalue weighted by molar-refractivity contribution is 5.50. The van der Waals surface area contributed by atoms with Crippen LogP contribution in [0.3, 0.4) is 0 Å². The first-order valence-corrected chi connectivity index (χ1v) is 5.71. The number of hydrogen-bond acceptors (Lipinski definition) is 4. The molecule has 0 amide bonds. The van der Waals surface area contributed by atoms with E-state index in [4.69, 9.17) is 15.2 Å². The zero-order valence-corrected chi connectivity index (χ0v) is 10.9. The zero-order valence-electron chi connectivity index (χ0n) is 10.9. The Labute approximate surface area is 102 Å². The highest BCUT2D eigenvalue weighted by Gasteiger charge is 2.23. The Morgan fingerprint density at radius 2 is 1.71 bits per heavy atom. The first-order chi connectivity index (χ1) is 8.04. The number of ether oxygens (including phenoxy) is 2. The topological polar surface area (TPSA) is 64.7 Å². The molecule has 0 aromatic heterocycles. The van der Waals surface area contributed by atoms with E-state index in [2.05, 4.69) is 0 Å². The summed E-state index contributed by atoms with van der Waals surface area (Å²) in [7, 11) is 3.17. The number of nitrogens with two attached hydrogens (primary N) is 1. The van der Waals surface area contributed by atoms with Crippen molar-refractivity contribution in [3.63, 3.8) is 0 Å². The Hall–Kier alpha value is -1.26. The van der Waals surface area contributed by atoms with Crippen LogP contribution in [0.1, 0.15) is 30.5 Å². The van der Waals surface area contributed by atoms with Crippen LogP contribution in [-0.2, 0) is 0 Å². The molecule has 4 heteroatoms. The lowest BCUT2D eigenvalue weighted by molar-refractivity contribution is 0.138. The van der Waals surface area contributed by atoms with Crippen molar-refractivity contribution >= 4 is 0 Å². The molecular weight excluding hydrogens is 218 g/mol. The lowest BCUT2D eigenvalue weighted by Gasteiger charge is -2.23. The Morgan fingerprint density at radius 3 is 2.06 bits per heavy atom. The maximum Gasteiger partial charge on any atom is 0.127 e. The maximum absolute atomic E-state index is 9.85. The second-order valence-corrected chi connectivity index (χ2v) is 4.08. The van der Waals surface area contributed by atoms with Gasteiger partial charge in [-0.2, -0.15) is 0 Å². The van der Waals surface area contributed by atoms with Gasteiger partial charge in [0.05, 0.1) is 31.9 Å². The van der Waals surface area contributed by atoms with Gasteiger partial charge in [0.25, 0.3) is 0 Å². The third-order valence-electron chi connectivity index (χ3n) is 2.85. The minimum absolute atomic E-state index is 0.509. The molecule has 1 aromatic carbocycles. The minimum Gasteiger partial charge on any atom is -0.496 e. The summed E-state index contributed by atoms with van der Waals surface area (Å²) in [5.41, 5.74) is 7.79. The van der Waals surface area contributed by atoms with E-state index in [1.807, 2.05) is 26.0 Å².